The number of nitrogens with one attached hydrogen (secondary N) is 1. The van der Waals surface area contributed by atoms with Crippen molar-refractivity contribution in [1.82, 2.24) is 19.9 Å². The summed E-state index contributed by atoms with van der Waals surface area (Å²) < 4.78 is 10.6. The number of ether oxygens (including phenoxy) is 1. The van der Waals surface area contributed by atoms with Crippen molar-refractivity contribution in [2.75, 3.05) is 17.7 Å². The molecule has 0 fully saturated rings. The molecule has 19 heavy (non-hydrogen) atoms. The van der Waals surface area contributed by atoms with Gasteiger partial charge in [0.05, 0.1) is 18.8 Å². The molecule has 2 aromatic rings. The Hall–Kier alpha value is -2.38. The molecule has 0 aromatic carbocycles. The number of nitrogens with zero attached hydrogens (tertiary/aromatic N) is 4. The van der Waals surface area contributed by atoms with Crippen LogP contribution in [0.1, 0.15) is 24.3 Å². The molecule has 0 unspecified atom stereocenters. The summed E-state index contributed by atoms with van der Waals surface area (Å²) in [5.74, 6) is 1.78. The van der Waals surface area contributed by atoms with Gasteiger partial charge in [-0.2, -0.15) is 15.0 Å². The Morgan fingerprint density at radius 2 is 2.00 bits per heavy atom. The summed E-state index contributed by atoms with van der Waals surface area (Å²) in [6, 6.07) is 0.192. The van der Waals surface area contributed by atoms with E-state index in [9.17, 15) is 0 Å². The SMILES string of the molecule is CCOc1nc(N)nc(NCc2nc(C)c(C)o2)n1. The van der Waals surface area contributed by atoms with Crippen LogP contribution in [0.25, 0.3) is 0 Å². The number of nitrogen functional groups attached to an aromatic ring is 1. The molecule has 8 nitrogen and oxygen atoms in total. The van der Waals surface area contributed by atoms with Crippen molar-refractivity contribution in [3.8, 4) is 6.01 Å². The van der Waals surface area contributed by atoms with Crippen LogP contribution in [0.2, 0.25) is 0 Å². The molecular formula is C11H16N6O2. The van der Waals surface area contributed by atoms with Crippen LogP contribution in [-0.2, 0) is 6.54 Å². The zero-order valence-corrected chi connectivity index (χ0v) is 11.1. The van der Waals surface area contributed by atoms with E-state index in [1.54, 1.807) is 0 Å². The highest BCUT2D eigenvalue weighted by Crippen LogP contribution is 2.12. The second-order valence-corrected chi connectivity index (χ2v) is 3.84. The minimum absolute atomic E-state index is 0.0979. The van der Waals surface area contributed by atoms with Gasteiger partial charge in [-0.25, -0.2) is 4.98 Å². The van der Waals surface area contributed by atoms with E-state index in [1.807, 2.05) is 20.8 Å². The first-order valence-electron chi connectivity index (χ1n) is 5.89. The first kappa shape index (κ1) is 13.1. The monoisotopic (exact) mass is 264 g/mol. The predicted molar refractivity (Wildman–Crippen MR) is 68.7 cm³/mol. The number of anilines is 2. The molecule has 0 spiro atoms. The lowest BCUT2D eigenvalue weighted by Crippen LogP contribution is -2.09. The van der Waals surface area contributed by atoms with Gasteiger partial charge in [0, 0.05) is 0 Å². The largest absolute Gasteiger partial charge is 0.464 e. The van der Waals surface area contributed by atoms with Gasteiger partial charge in [-0.05, 0) is 20.8 Å². The van der Waals surface area contributed by atoms with Gasteiger partial charge in [-0.3, -0.25) is 0 Å². The third kappa shape index (κ3) is 3.30. The predicted octanol–water partition coefficient (Wildman–Crippen LogP) is 1.07. The van der Waals surface area contributed by atoms with E-state index in [4.69, 9.17) is 14.9 Å². The first-order valence-corrected chi connectivity index (χ1v) is 5.89. The van der Waals surface area contributed by atoms with Gasteiger partial charge in [0.2, 0.25) is 17.8 Å². The second kappa shape index (κ2) is 5.51. The van der Waals surface area contributed by atoms with E-state index >= 15 is 0 Å². The lowest BCUT2D eigenvalue weighted by atomic mass is 10.4. The highest BCUT2D eigenvalue weighted by Gasteiger charge is 2.08. The van der Waals surface area contributed by atoms with Crippen molar-refractivity contribution in [3.63, 3.8) is 0 Å². The molecule has 3 N–H and O–H groups in total. The molecule has 0 radical (unpaired) electrons. The summed E-state index contributed by atoms with van der Waals surface area (Å²) in [6.07, 6.45) is 0. The van der Waals surface area contributed by atoms with E-state index < -0.39 is 0 Å². The summed E-state index contributed by atoms with van der Waals surface area (Å²) in [5.41, 5.74) is 6.43. The number of aromatic nitrogens is 4. The minimum atomic E-state index is 0.0979. The molecule has 0 aliphatic carbocycles. The van der Waals surface area contributed by atoms with Crippen LogP contribution >= 0.6 is 0 Å². The zero-order valence-electron chi connectivity index (χ0n) is 11.1. The van der Waals surface area contributed by atoms with Crippen molar-refractivity contribution >= 4 is 11.9 Å². The Kier molecular flexibility index (Phi) is 3.79. The van der Waals surface area contributed by atoms with Gasteiger partial charge in [-0.1, -0.05) is 0 Å². The quantitative estimate of drug-likeness (QED) is 0.824. The van der Waals surface area contributed by atoms with Gasteiger partial charge in [0.15, 0.2) is 0 Å². The average molecular weight is 264 g/mol. The smallest absolute Gasteiger partial charge is 0.323 e. The highest BCUT2D eigenvalue weighted by atomic mass is 16.5. The van der Waals surface area contributed by atoms with E-state index in [2.05, 4.69) is 25.3 Å². The summed E-state index contributed by atoms with van der Waals surface area (Å²) >= 11 is 0. The van der Waals surface area contributed by atoms with Gasteiger partial charge in [-0.15, -0.1) is 0 Å². The number of rotatable bonds is 5. The second-order valence-electron chi connectivity index (χ2n) is 3.84. The maximum atomic E-state index is 5.57. The third-order valence-corrected chi connectivity index (χ3v) is 2.38. The van der Waals surface area contributed by atoms with E-state index in [0.29, 0.717) is 25.0 Å². The number of oxazole rings is 1. The van der Waals surface area contributed by atoms with Crippen LogP contribution in [0.5, 0.6) is 6.01 Å². The minimum Gasteiger partial charge on any atom is -0.464 e. The van der Waals surface area contributed by atoms with Crippen molar-refractivity contribution < 1.29 is 9.15 Å². The van der Waals surface area contributed by atoms with Gasteiger partial charge in [0.25, 0.3) is 0 Å². The van der Waals surface area contributed by atoms with Crippen molar-refractivity contribution in [2.45, 2.75) is 27.3 Å². The van der Waals surface area contributed by atoms with Crippen LogP contribution in [0, 0.1) is 13.8 Å². The summed E-state index contributed by atoms with van der Waals surface area (Å²) in [4.78, 5) is 16.1. The van der Waals surface area contributed by atoms with E-state index in [0.717, 1.165) is 11.5 Å². The highest BCUT2D eigenvalue weighted by molar-refractivity contribution is 5.32. The molecule has 0 atom stereocenters. The third-order valence-electron chi connectivity index (χ3n) is 2.38. The molecule has 2 rings (SSSR count). The molecule has 0 saturated carbocycles. The molecule has 0 bridgehead atoms. The number of nitrogens with two attached hydrogens (primary N) is 1. The summed E-state index contributed by atoms with van der Waals surface area (Å²) in [7, 11) is 0. The van der Waals surface area contributed by atoms with Crippen LogP contribution in [-0.4, -0.2) is 26.5 Å². The lowest BCUT2D eigenvalue weighted by molar-refractivity contribution is 0.312. The molecule has 0 aliphatic heterocycles. The maximum Gasteiger partial charge on any atom is 0.323 e. The van der Waals surface area contributed by atoms with Crippen molar-refractivity contribution in [1.29, 1.82) is 0 Å². The molecular weight excluding hydrogens is 248 g/mol. The Morgan fingerprint density at radius 3 is 2.63 bits per heavy atom. The molecule has 8 heteroatoms. The van der Waals surface area contributed by atoms with E-state index in [1.165, 1.54) is 0 Å². The normalized spacial score (nSPS) is 10.5. The summed E-state index contributed by atoms with van der Waals surface area (Å²) in [5, 5.41) is 2.96. The van der Waals surface area contributed by atoms with Gasteiger partial charge >= 0.3 is 6.01 Å². The molecule has 2 heterocycles. The number of hydrogen-bond donors (Lipinski definition) is 2. The van der Waals surface area contributed by atoms with Crippen LogP contribution in [0.4, 0.5) is 11.9 Å². The Bertz CT molecular complexity index is 549. The Labute approximate surface area is 110 Å². The van der Waals surface area contributed by atoms with Crippen LogP contribution in [0.15, 0.2) is 4.42 Å². The lowest BCUT2D eigenvalue weighted by Gasteiger charge is -2.05. The maximum absolute atomic E-state index is 5.57. The molecule has 0 amide bonds. The number of hydrogen-bond acceptors (Lipinski definition) is 8. The topological polar surface area (TPSA) is 112 Å². The van der Waals surface area contributed by atoms with Gasteiger partial charge in [0.1, 0.15) is 5.76 Å². The average Bonchev–Trinajstić information content (AvgIpc) is 2.66. The molecule has 0 saturated heterocycles. The molecule has 0 aliphatic rings. The zero-order chi connectivity index (χ0) is 13.8. The van der Waals surface area contributed by atoms with Gasteiger partial charge < -0.3 is 20.2 Å². The first-order chi connectivity index (χ1) is 9.08. The van der Waals surface area contributed by atoms with Crippen molar-refractivity contribution in [3.05, 3.63) is 17.3 Å². The van der Waals surface area contributed by atoms with Crippen molar-refractivity contribution in [2.24, 2.45) is 0 Å². The van der Waals surface area contributed by atoms with E-state index in [-0.39, 0.29) is 12.0 Å². The van der Waals surface area contributed by atoms with Crippen LogP contribution < -0.4 is 15.8 Å². The standard InChI is InChI=1S/C11H16N6O2/c1-4-18-11-16-9(12)15-10(17-11)13-5-8-14-6(2)7(3)19-8/h4-5H2,1-3H3,(H3,12,13,15,16,17). The molecule has 102 valence electrons. The summed E-state index contributed by atoms with van der Waals surface area (Å²) in [6.45, 7) is 6.41. The van der Waals surface area contributed by atoms with Crippen LogP contribution in [0.3, 0.4) is 0 Å². The fourth-order valence-electron chi connectivity index (χ4n) is 1.41. The Balaban J connectivity index is 2.06. The fraction of sp³-hybridized carbons (Fsp3) is 0.455. The number of aryl methyl sites for hydroxylation is 2. The fourth-order valence-corrected chi connectivity index (χ4v) is 1.41. The Morgan fingerprint density at radius 1 is 1.21 bits per heavy atom. The molecule has 2 aromatic heterocycles.